The van der Waals surface area contributed by atoms with Crippen LogP contribution in [-0.2, 0) is 9.59 Å². The Labute approximate surface area is 146 Å². The summed E-state index contributed by atoms with van der Waals surface area (Å²) in [5.41, 5.74) is 0.234. The number of rotatable bonds is 3. The topological polar surface area (TPSA) is 86.7 Å². The molecular formula is C16H10N2O4S2. The standard InChI is InChI=1S/C16H10N2O4S2/c19-13-12(8-11-5-2-6-24-11)14(20)18(16(23)17-13)10-4-1-3-9(7-10)15(21)22/h1-8H,(H,21,22)(H,17,19,23). The molecule has 1 aliphatic rings. The lowest BCUT2D eigenvalue weighted by atomic mass is 10.1. The van der Waals surface area contributed by atoms with Gasteiger partial charge in [0.15, 0.2) is 5.11 Å². The Bertz CT molecular complexity index is 887. The van der Waals surface area contributed by atoms with Gasteiger partial charge in [0.05, 0.1) is 11.3 Å². The highest BCUT2D eigenvalue weighted by Gasteiger charge is 2.34. The zero-order valence-electron chi connectivity index (χ0n) is 12.1. The van der Waals surface area contributed by atoms with Gasteiger partial charge < -0.3 is 5.11 Å². The van der Waals surface area contributed by atoms with Gasteiger partial charge in [0.2, 0.25) is 0 Å². The molecule has 0 unspecified atom stereocenters. The van der Waals surface area contributed by atoms with Crippen molar-refractivity contribution >= 4 is 58.2 Å². The van der Waals surface area contributed by atoms with Crippen molar-refractivity contribution in [3.05, 3.63) is 57.8 Å². The zero-order chi connectivity index (χ0) is 17.3. The van der Waals surface area contributed by atoms with E-state index in [2.05, 4.69) is 5.32 Å². The quantitative estimate of drug-likeness (QED) is 0.499. The first kappa shape index (κ1) is 16.0. The third-order valence-electron chi connectivity index (χ3n) is 3.28. The number of carboxylic acid groups (broad SMARTS) is 1. The lowest BCUT2D eigenvalue weighted by Gasteiger charge is -2.29. The smallest absolute Gasteiger partial charge is 0.335 e. The molecule has 1 aromatic heterocycles. The minimum absolute atomic E-state index is 0.0174. The Morgan fingerprint density at radius 3 is 2.71 bits per heavy atom. The molecule has 1 fully saturated rings. The van der Waals surface area contributed by atoms with Gasteiger partial charge in [-0.15, -0.1) is 11.3 Å². The summed E-state index contributed by atoms with van der Waals surface area (Å²) in [5, 5.41) is 13.3. The van der Waals surface area contributed by atoms with Gasteiger partial charge in [-0.3, -0.25) is 19.8 Å². The second-order valence-corrected chi connectivity index (χ2v) is 6.19. The molecule has 8 heteroatoms. The molecule has 0 radical (unpaired) electrons. The van der Waals surface area contributed by atoms with E-state index in [1.54, 1.807) is 18.2 Å². The number of hydrogen-bond donors (Lipinski definition) is 2. The molecule has 2 N–H and O–H groups in total. The Balaban J connectivity index is 2.03. The summed E-state index contributed by atoms with van der Waals surface area (Å²) in [6.45, 7) is 0. The molecular weight excluding hydrogens is 348 g/mol. The van der Waals surface area contributed by atoms with E-state index < -0.39 is 17.8 Å². The molecule has 0 saturated carbocycles. The van der Waals surface area contributed by atoms with Crippen molar-refractivity contribution in [1.82, 2.24) is 5.32 Å². The fraction of sp³-hybridized carbons (Fsp3) is 0. The maximum atomic E-state index is 12.7. The summed E-state index contributed by atoms with van der Waals surface area (Å²) in [6.07, 6.45) is 1.48. The number of carbonyl (C=O) groups is 3. The van der Waals surface area contributed by atoms with E-state index in [1.807, 2.05) is 5.38 Å². The summed E-state index contributed by atoms with van der Waals surface area (Å²) in [7, 11) is 0. The van der Waals surface area contributed by atoms with Crippen molar-refractivity contribution in [2.24, 2.45) is 0 Å². The summed E-state index contributed by atoms with van der Waals surface area (Å²) < 4.78 is 0. The molecule has 1 aliphatic heterocycles. The van der Waals surface area contributed by atoms with Crippen LogP contribution in [0.5, 0.6) is 0 Å². The number of thiophene rings is 1. The van der Waals surface area contributed by atoms with Gasteiger partial charge in [-0.05, 0) is 47.9 Å². The summed E-state index contributed by atoms with van der Waals surface area (Å²) in [4.78, 5) is 37.8. The van der Waals surface area contributed by atoms with Crippen LogP contribution in [0.25, 0.3) is 6.08 Å². The largest absolute Gasteiger partial charge is 0.478 e. The zero-order valence-corrected chi connectivity index (χ0v) is 13.7. The predicted molar refractivity (Wildman–Crippen MR) is 93.9 cm³/mol. The minimum Gasteiger partial charge on any atom is -0.478 e. The van der Waals surface area contributed by atoms with Crippen LogP contribution in [0.1, 0.15) is 15.2 Å². The Morgan fingerprint density at radius 1 is 1.25 bits per heavy atom. The van der Waals surface area contributed by atoms with Gasteiger partial charge in [0.1, 0.15) is 5.57 Å². The van der Waals surface area contributed by atoms with Crippen LogP contribution >= 0.6 is 23.6 Å². The minimum atomic E-state index is -1.12. The van der Waals surface area contributed by atoms with Gasteiger partial charge >= 0.3 is 5.97 Å². The molecule has 0 bridgehead atoms. The van der Waals surface area contributed by atoms with Crippen molar-refractivity contribution in [1.29, 1.82) is 0 Å². The molecule has 0 aliphatic carbocycles. The van der Waals surface area contributed by atoms with Crippen LogP contribution in [0.15, 0.2) is 47.4 Å². The SMILES string of the molecule is O=C1NC(=S)N(c2cccc(C(=O)O)c2)C(=O)C1=Cc1cccs1. The van der Waals surface area contributed by atoms with Crippen LogP contribution in [0, 0.1) is 0 Å². The lowest BCUT2D eigenvalue weighted by Crippen LogP contribution is -2.54. The van der Waals surface area contributed by atoms with Crippen LogP contribution in [0.3, 0.4) is 0 Å². The molecule has 2 aromatic rings. The first-order valence-electron chi connectivity index (χ1n) is 6.75. The Hall–Kier alpha value is -2.84. The fourth-order valence-corrected chi connectivity index (χ4v) is 3.12. The molecule has 2 heterocycles. The molecule has 0 atom stereocenters. The highest BCUT2D eigenvalue weighted by Crippen LogP contribution is 2.24. The van der Waals surface area contributed by atoms with Crippen molar-refractivity contribution < 1.29 is 19.5 Å². The third kappa shape index (κ3) is 2.97. The lowest BCUT2D eigenvalue weighted by molar-refractivity contribution is -0.122. The average Bonchev–Trinajstić information content (AvgIpc) is 3.04. The fourth-order valence-electron chi connectivity index (χ4n) is 2.19. The van der Waals surface area contributed by atoms with Gasteiger partial charge in [-0.1, -0.05) is 12.1 Å². The second kappa shape index (κ2) is 6.34. The number of hydrogen-bond acceptors (Lipinski definition) is 5. The van der Waals surface area contributed by atoms with Crippen molar-refractivity contribution in [3.63, 3.8) is 0 Å². The number of anilines is 1. The van der Waals surface area contributed by atoms with Gasteiger partial charge in [0.25, 0.3) is 11.8 Å². The number of carboxylic acids is 1. The number of aromatic carboxylic acids is 1. The van der Waals surface area contributed by atoms with Gasteiger partial charge in [-0.2, -0.15) is 0 Å². The van der Waals surface area contributed by atoms with E-state index >= 15 is 0 Å². The number of nitrogens with one attached hydrogen (secondary N) is 1. The molecule has 1 saturated heterocycles. The number of thiocarbonyl (C=S) groups is 1. The van der Waals surface area contributed by atoms with Gasteiger partial charge in [-0.25, -0.2) is 4.79 Å². The molecule has 1 aromatic carbocycles. The van der Waals surface area contributed by atoms with E-state index in [9.17, 15) is 14.4 Å². The molecule has 120 valence electrons. The number of benzene rings is 1. The molecule has 6 nitrogen and oxygen atoms in total. The maximum absolute atomic E-state index is 12.7. The summed E-state index contributed by atoms with van der Waals surface area (Å²) in [6, 6.07) is 9.38. The van der Waals surface area contributed by atoms with Gasteiger partial charge in [0, 0.05) is 4.88 Å². The van der Waals surface area contributed by atoms with E-state index in [0.29, 0.717) is 0 Å². The Morgan fingerprint density at radius 2 is 2.04 bits per heavy atom. The molecule has 0 spiro atoms. The monoisotopic (exact) mass is 358 g/mol. The van der Waals surface area contributed by atoms with E-state index in [1.165, 1.54) is 35.6 Å². The van der Waals surface area contributed by atoms with E-state index in [-0.39, 0.29) is 21.9 Å². The van der Waals surface area contributed by atoms with E-state index in [0.717, 1.165) is 9.78 Å². The van der Waals surface area contributed by atoms with Crippen LogP contribution in [-0.4, -0.2) is 28.0 Å². The predicted octanol–water partition coefficient (Wildman–Crippen LogP) is 2.28. The molecule has 24 heavy (non-hydrogen) atoms. The van der Waals surface area contributed by atoms with Crippen LogP contribution < -0.4 is 10.2 Å². The highest BCUT2D eigenvalue weighted by atomic mass is 32.1. The number of amides is 2. The number of nitrogens with zero attached hydrogens (tertiary/aromatic N) is 1. The second-order valence-electron chi connectivity index (χ2n) is 4.83. The van der Waals surface area contributed by atoms with Crippen molar-refractivity contribution in [2.75, 3.05) is 4.90 Å². The average molecular weight is 358 g/mol. The Kier molecular flexibility index (Phi) is 4.24. The normalized spacial score (nSPS) is 16.4. The first-order chi connectivity index (χ1) is 11.5. The highest BCUT2D eigenvalue weighted by molar-refractivity contribution is 7.80. The third-order valence-corrected chi connectivity index (χ3v) is 4.39. The van der Waals surface area contributed by atoms with Crippen molar-refractivity contribution in [2.45, 2.75) is 0 Å². The van der Waals surface area contributed by atoms with Crippen LogP contribution in [0.4, 0.5) is 5.69 Å². The maximum Gasteiger partial charge on any atom is 0.335 e. The van der Waals surface area contributed by atoms with Crippen molar-refractivity contribution in [3.8, 4) is 0 Å². The molecule has 2 amide bonds. The summed E-state index contributed by atoms with van der Waals surface area (Å²) >= 11 is 6.46. The molecule has 3 rings (SSSR count). The van der Waals surface area contributed by atoms with Crippen LogP contribution in [0.2, 0.25) is 0 Å². The summed E-state index contributed by atoms with van der Waals surface area (Å²) in [5.74, 6) is -2.30. The first-order valence-corrected chi connectivity index (χ1v) is 8.04. The number of carbonyl (C=O) groups excluding carboxylic acids is 2. The van der Waals surface area contributed by atoms with E-state index in [4.69, 9.17) is 17.3 Å².